The Morgan fingerprint density at radius 2 is 1.90 bits per heavy atom. The SMILES string of the molecule is N#CC1=C(SCc2ccccc2)N=C2CCCC(=O)[C@H]2[C@H]1c1ccc2c(c1)OCO2. The molecule has 30 heavy (non-hydrogen) atoms. The van der Waals surface area contributed by atoms with Crippen LogP contribution in [0.4, 0.5) is 0 Å². The zero-order valence-corrected chi connectivity index (χ0v) is 17.2. The van der Waals surface area contributed by atoms with Gasteiger partial charge in [0.15, 0.2) is 11.5 Å². The summed E-state index contributed by atoms with van der Waals surface area (Å²) in [5.41, 5.74) is 3.55. The topological polar surface area (TPSA) is 71.7 Å². The van der Waals surface area contributed by atoms with Crippen LogP contribution in [-0.4, -0.2) is 18.3 Å². The molecule has 5 rings (SSSR count). The number of carbonyl (C=O) groups excluding carboxylic acids is 1. The summed E-state index contributed by atoms with van der Waals surface area (Å²) >= 11 is 1.57. The smallest absolute Gasteiger partial charge is 0.231 e. The molecule has 5 nitrogen and oxygen atoms in total. The first-order valence-electron chi connectivity index (χ1n) is 10.1. The fourth-order valence-corrected chi connectivity index (χ4v) is 5.36. The van der Waals surface area contributed by atoms with Gasteiger partial charge in [0, 0.05) is 23.8 Å². The first-order chi connectivity index (χ1) is 14.7. The third kappa shape index (κ3) is 3.40. The number of aliphatic imine (C=N–C) groups is 1. The quantitative estimate of drug-likeness (QED) is 0.702. The maximum atomic E-state index is 12.9. The van der Waals surface area contributed by atoms with Gasteiger partial charge in [-0.25, -0.2) is 4.99 Å². The third-order valence-electron chi connectivity index (χ3n) is 5.78. The zero-order chi connectivity index (χ0) is 20.5. The van der Waals surface area contributed by atoms with E-state index in [4.69, 9.17) is 14.5 Å². The molecule has 0 radical (unpaired) electrons. The number of benzene rings is 2. The van der Waals surface area contributed by atoms with E-state index in [2.05, 4.69) is 18.2 Å². The number of ether oxygens (including phenoxy) is 2. The number of fused-ring (bicyclic) bond motifs is 2. The average molecular weight is 417 g/mol. The number of carbonyl (C=O) groups is 1. The number of rotatable bonds is 4. The summed E-state index contributed by atoms with van der Waals surface area (Å²) in [5.74, 6) is 1.56. The normalized spacial score (nSPS) is 22.4. The minimum atomic E-state index is -0.366. The van der Waals surface area contributed by atoms with Crippen LogP contribution in [0.3, 0.4) is 0 Å². The van der Waals surface area contributed by atoms with Crippen LogP contribution in [0.2, 0.25) is 0 Å². The van der Waals surface area contributed by atoms with Crippen LogP contribution in [-0.2, 0) is 10.5 Å². The molecule has 0 bridgehead atoms. The lowest BCUT2D eigenvalue weighted by atomic mass is 9.70. The van der Waals surface area contributed by atoms with E-state index in [9.17, 15) is 10.1 Å². The molecule has 0 aromatic heterocycles. The summed E-state index contributed by atoms with van der Waals surface area (Å²) in [4.78, 5) is 17.7. The summed E-state index contributed by atoms with van der Waals surface area (Å²) in [6, 6.07) is 18.2. The summed E-state index contributed by atoms with van der Waals surface area (Å²) in [6.07, 6.45) is 2.15. The number of nitriles is 1. The van der Waals surface area contributed by atoms with E-state index in [1.807, 2.05) is 36.4 Å². The van der Waals surface area contributed by atoms with Gasteiger partial charge in [-0.2, -0.15) is 5.26 Å². The minimum Gasteiger partial charge on any atom is -0.454 e. The van der Waals surface area contributed by atoms with E-state index < -0.39 is 0 Å². The van der Waals surface area contributed by atoms with Gasteiger partial charge in [0.05, 0.1) is 17.6 Å². The van der Waals surface area contributed by atoms with Gasteiger partial charge in [-0.15, -0.1) is 11.8 Å². The number of ketones is 1. The second kappa shape index (κ2) is 8.00. The lowest BCUT2D eigenvalue weighted by molar-refractivity contribution is -0.121. The molecule has 2 aromatic carbocycles. The van der Waals surface area contributed by atoms with Crippen molar-refractivity contribution in [2.75, 3.05) is 6.79 Å². The maximum absolute atomic E-state index is 12.9. The molecular formula is C24H20N2O3S. The highest BCUT2D eigenvalue weighted by molar-refractivity contribution is 8.02. The summed E-state index contributed by atoms with van der Waals surface area (Å²) in [5, 5.41) is 10.8. The second-order valence-corrected chi connectivity index (χ2v) is 8.56. The maximum Gasteiger partial charge on any atom is 0.231 e. The molecule has 1 saturated carbocycles. The molecule has 2 aliphatic heterocycles. The predicted octanol–water partition coefficient (Wildman–Crippen LogP) is 4.99. The van der Waals surface area contributed by atoms with E-state index >= 15 is 0 Å². The van der Waals surface area contributed by atoms with Gasteiger partial charge >= 0.3 is 0 Å². The Kier molecular flexibility index (Phi) is 5.06. The lowest BCUT2D eigenvalue weighted by Crippen LogP contribution is -2.37. The van der Waals surface area contributed by atoms with Crippen molar-refractivity contribution in [2.24, 2.45) is 10.9 Å². The predicted molar refractivity (Wildman–Crippen MR) is 115 cm³/mol. The number of hydrogen-bond acceptors (Lipinski definition) is 6. The lowest BCUT2D eigenvalue weighted by Gasteiger charge is -2.34. The van der Waals surface area contributed by atoms with Gasteiger partial charge in [-0.1, -0.05) is 36.4 Å². The van der Waals surface area contributed by atoms with Crippen LogP contribution in [0.15, 0.2) is 64.1 Å². The van der Waals surface area contributed by atoms with E-state index in [0.717, 1.165) is 34.9 Å². The van der Waals surface area contributed by atoms with Gasteiger partial charge in [-0.05, 0) is 36.1 Å². The van der Waals surface area contributed by atoms with E-state index in [0.29, 0.717) is 23.5 Å². The Morgan fingerprint density at radius 3 is 2.73 bits per heavy atom. The van der Waals surface area contributed by atoms with Crippen LogP contribution >= 0.6 is 11.8 Å². The first kappa shape index (κ1) is 19.0. The van der Waals surface area contributed by atoms with Crippen LogP contribution in [0.1, 0.15) is 36.3 Å². The molecule has 0 saturated heterocycles. The van der Waals surface area contributed by atoms with E-state index in [-0.39, 0.29) is 24.4 Å². The van der Waals surface area contributed by atoms with E-state index in [1.54, 1.807) is 11.8 Å². The Morgan fingerprint density at radius 1 is 1.07 bits per heavy atom. The molecule has 2 atom stereocenters. The Labute approximate surface area is 179 Å². The van der Waals surface area contributed by atoms with Gasteiger partial charge in [0.1, 0.15) is 10.8 Å². The minimum absolute atomic E-state index is 0.169. The Balaban J connectivity index is 1.56. The highest BCUT2D eigenvalue weighted by Crippen LogP contribution is 2.47. The van der Waals surface area contributed by atoms with Crippen molar-refractivity contribution in [2.45, 2.75) is 30.9 Å². The van der Waals surface area contributed by atoms with Gasteiger partial charge in [0.2, 0.25) is 6.79 Å². The number of allylic oxidation sites excluding steroid dienone is 1. The molecule has 1 aliphatic carbocycles. The van der Waals surface area contributed by atoms with Gasteiger partial charge in [-0.3, -0.25) is 4.79 Å². The third-order valence-corrected chi connectivity index (χ3v) is 6.84. The molecular weight excluding hydrogens is 396 g/mol. The van der Waals surface area contributed by atoms with Crippen molar-refractivity contribution in [1.29, 1.82) is 5.26 Å². The van der Waals surface area contributed by atoms with Crippen LogP contribution in [0.5, 0.6) is 11.5 Å². The average Bonchev–Trinajstić information content (AvgIpc) is 3.25. The van der Waals surface area contributed by atoms with Crippen LogP contribution < -0.4 is 9.47 Å². The number of Topliss-reactive ketones (excluding diaryl/α,β-unsaturated/α-hetero) is 1. The highest BCUT2D eigenvalue weighted by atomic mass is 32.2. The molecule has 0 N–H and O–H groups in total. The standard InChI is InChI=1S/C24H20N2O3S/c25-12-17-22(16-9-10-20-21(11-16)29-14-28-20)23-18(7-4-8-19(23)27)26-24(17)30-13-15-5-2-1-3-6-15/h1-3,5-6,9-11,22-23H,4,7-8,13-14H2/t22-,23-/m0/s1. The number of hydrogen-bond donors (Lipinski definition) is 0. The highest BCUT2D eigenvalue weighted by Gasteiger charge is 2.42. The van der Waals surface area contributed by atoms with Crippen molar-refractivity contribution in [3.63, 3.8) is 0 Å². The zero-order valence-electron chi connectivity index (χ0n) is 16.3. The first-order valence-corrected chi connectivity index (χ1v) is 11.0. The van der Waals surface area contributed by atoms with Crippen molar-refractivity contribution in [3.05, 3.63) is 70.3 Å². The largest absolute Gasteiger partial charge is 0.454 e. The fraction of sp³-hybridized carbons (Fsp3) is 0.292. The fourth-order valence-electron chi connectivity index (χ4n) is 4.35. The molecule has 0 amide bonds. The van der Waals surface area contributed by atoms with Crippen molar-refractivity contribution < 1.29 is 14.3 Å². The van der Waals surface area contributed by atoms with Crippen LogP contribution in [0.25, 0.3) is 0 Å². The molecule has 6 heteroatoms. The Bertz CT molecular complexity index is 1100. The molecule has 1 fully saturated rings. The molecule has 0 unspecified atom stereocenters. The molecule has 150 valence electrons. The summed E-state index contributed by atoms with van der Waals surface area (Å²) < 4.78 is 11.0. The molecule has 2 heterocycles. The van der Waals surface area contributed by atoms with Crippen molar-refractivity contribution in [3.8, 4) is 17.6 Å². The van der Waals surface area contributed by atoms with Gasteiger partial charge in [0.25, 0.3) is 0 Å². The molecule has 3 aliphatic rings. The number of nitrogens with zero attached hydrogens (tertiary/aromatic N) is 2. The van der Waals surface area contributed by atoms with Crippen molar-refractivity contribution >= 4 is 23.3 Å². The molecule has 2 aromatic rings. The Hall–Kier alpha value is -3.04. The monoisotopic (exact) mass is 416 g/mol. The summed E-state index contributed by atoms with van der Waals surface area (Å²) in [7, 11) is 0. The van der Waals surface area contributed by atoms with E-state index in [1.165, 1.54) is 5.56 Å². The molecule has 0 spiro atoms. The number of thioether (sulfide) groups is 1. The van der Waals surface area contributed by atoms with Gasteiger partial charge < -0.3 is 9.47 Å². The second-order valence-electron chi connectivity index (χ2n) is 7.60. The van der Waals surface area contributed by atoms with Crippen LogP contribution in [0, 0.1) is 17.2 Å². The van der Waals surface area contributed by atoms with Crippen molar-refractivity contribution in [1.82, 2.24) is 0 Å². The summed E-state index contributed by atoms with van der Waals surface area (Å²) in [6.45, 7) is 0.192.